The first-order valence-corrected chi connectivity index (χ1v) is 6.97. The zero-order chi connectivity index (χ0) is 13.4. The molecule has 0 aliphatic heterocycles. The summed E-state index contributed by atoms with van der Waals surface area (Å²) in [5.74, 6) is 0.750. The van der Waals surface area contributed by atoms with Gasteiger partial charge < -0.3 is 9.84 Å². The van der Waals surface area contributed by atoms with Crippen molar-refractivity contribution in [1.29, 1.82) is 0 Å². The second-order valence-corrected chi connectivity index (χ2v) is 4.79. The summed E-state index contributed by atoms with van der Waals surface area (Å²) in [6, 6.07) is 1.92. The van der Waals surface area contributed by atoms with Crippen LogP contribution in [0.2, 0.25) is 0 Å². The first-order valence-electron chi connectivity index (χ1n) is 6.97. The number of aromatic nitrogens is 1. The minimum Gasteiger partial charge on any atom is -0.492 e. The fraction of sp³-hybridized carbons (Fsp3) is 0.667. The van der Waals surface area contributed by atoms with Gasteiger partial charge in [-0.3, -0.25) is 4.98 Å². The molecule has 0 amide bonds. The smallest absolute Gasteiger partial charge is 0.137 e. The Morgan fingerprint density at radius 3 is 2.33 bits per heavy atom. The van der Waals surface area contributed by atoms with Gasteiger partial charge in [-0.25, -0.2) is 0 Å². The van der Waals surface area contributed by atoms with Gasteiger partial charge in [-0.1, -0.05) is 33.6 Å². The summed E-state index contributed by atoms with van der Waals surface area (Å²) in [6.07, 6.45) is 7.87. The highest BCUT2D eigenvalue weighted by Crippen LogP contribution is 2.32. The highest BCUT2D eigenvalue weighted by molar-refractivity contribution is 5.28. The average molecular weight is 251 g/mol. The van der Waals surface area contributed by atoms with Crippen molar-refractivity contribution in [3.63, 3.8) is 0 Å². The van der Waals surface area contributed by atoms with Crippen LogP contribution in [0.5, 0.6) is 5.75 Å². The van der Waals surface area contributed by atoms with Crippen LogP contribution in [0.4, 0.5) is 0 Å². The molecule has 0 radical (unpaired) electrons. The molecule has 0 aliphatic rings. The fourth-order valence-electron chi connectivity index (χ4n) is 2.21. The average Bonchev–Trinajstić information content (AvgIpc) is 2.37. The van der Waals surface area contributed by atoms with Gasteiger partial charge in [0.2, 0.25) is 0 Å². The summed E-state index contributed by atoms with van der Waals surface area (Å²) in [6.45, 7) is 6.93. The molecule has 0 spiro atoms. The third-order valence-electron chi connectivity index (χ3n) is 3.05. The van der Waals surface area contributed by atoms with Crippen LogP contribution < -0.4 is 4.74 Å². The van der Waals surface area contributed by atoms with Crippen LogP contribution in [-0.4, -0.2) is 16.7 Å². The van der Waals surface area contributed by atoms with Crippen LogP contribution >= 0.6 is 0 Å². The van der Waals surface area contributed by atoms with Crippen LogP contribution in [0.1, 0.15) is 58.4 Å². The van der Waals surface area contributed by atoms with Gasteiger partial charge in [0.25, 0.3) is 0 Å². The van der Waals surface area contributed by atoms with Crippen molar-refractivity contribution in [2.24, 2.45) is 0 Å². The van der Waals surface area contributed by atoms with E-state index in [1.807, 2.05) is 6.07 Å². The number of rotatable bonds is 8. The monoisotopic (exact) mass is 251 g/mol. The maximum atomic E-state index is 10.7. The molecule has 0 unspecified atom stereocenters. The summed E-state index contributed by atoms with van der Waals surface area (Å²) in [5, 5.41) is 10.7. The van der Waals surface area contributed by atoms with Gasteiger partial charge >= 0.3 is 0 Å². The van der Waals surface area contributed by atoms with Crippen LogP contribution in [0.15, 0.2) is 18.5 Å². The van der Waals surface area contributed by atoms with E-state index in [2.05, 4.69) is 25.8 Å². The van der Waals surface area contributed by atoms with Gasteiger partial charge in [-0.2, -0.15) is 0 Å². The van der Waals surface area contributed by atoms with Gasteiger partial charge in [0, 0.05) is 11.8 Å². The number of hydrogen-bond donors (Lipinski definition) is 1. The van der Waals surface area contributed by atoms with E-state index in [0.29, 0.717) is 6.61 Å². The van der Waals surface area contributed by atoms with E-state index in [0.717, 1.165) is 43.4 Å². The second kappa shape index (κ2) is 7.37. The number of hydrogen-bond acceptors (Lipinski definition) is 3. The standard InChI is InChI=1S/C15H25NO2/c1-4-7-15(17,8-5-2)13-10-14(12-16-11-13)18-9-6-3/h10-12,17H,4-9H2,1-3H3. The van der Waals surface area contributed by atoms with Crippen LogP contribution in [0.3, 0.4) is 0 Å². The predicted octanol–water partition coefficient (Wildman–Crippen LogP) is 3.66. The first-order chi connectivity index (χ1) is 8.66. The quantitative estimate of drug-likeness (QED) is 0.766. The molecule has 0 fully saturated rings. The molecule has 18 heavy (non-hydrogen) atoms. The molecule has 1 heterocycles. The van der Waals surface area contributed by atoms with Gasteiger partial charge in [-0.15, -0.1) is 0 Å². The Kier molecular flexibility index (Phi) is 6.13. The Labute approximate surface area is 110 Å². The van der Waals surface area contributed by atoms with Crippen molar-refractivity contribution in [3.8, 4) is 5.75 Å². The Balaban J connectivity index is 2.90. The molecule has 0 saturated carbocycles. The third kappa shape index (κ3) is 3.98. The van der Waals surface area contributed by atoms with Gasteiger partial charge in [0.05, 0.1) is 18.4 Å². The number of nitrogens with zero attached hydrogens (tertiary/aromatic N) is 1. The molecule has 1 rings (SSSR count). The lowest BCUT2D eigenvalue weighted by Crippen LogP contribution is -2.25. The van der Waals surface area contributed by atoms with E-state index in [9.17, 15) is 5.11 Å². The van der Waals surface area contributed by atoms with Crippen molar-refractivity contribution in [1.82, 2.24) is 4.98 Å². The zero-order valence-corrected chi connectivity index (χ0v) is 11.8. The number of pyridine rings is 1. The number of aliphatic hydroxyl groups is 1. The van der Waals surface area contributed by atoms with Crippen LogP contribution in [0, 0.1) is 0 Å². The van der Waals surface area contributed by atoms with Gasteiger partial charge in [-0.05, 0) is 25.3 Å². The second-order valence-electron chi connectivity index (χ2n) is 4.79. The van der Waals surface area contributed by atoms with E-state index in [1.54, 1.807) is 12.4 Å². The minimum atomic E-state index is -0.762. The SMILES string of the molecule is CCCOc1cncc(C(O)(CCC)CCC)c1. The zero-order valence-electron chi connectivity index (χ0n) is 11.8. The predicted molar refractivity (Wildman–Crippen MR) is 73.7 cm³/mol. The summed E-state index contributed by atoms with van der Waals surface area (Å²) in [5.41, 5.74) is 0.113. The van der Waals surface area contributed by atoms with Crippen molar-refractivity contribution in [2.75, 3.05) is 6.61 Å². The summed E-state index contributed by atoms with van der Waals surface area (Å²) < 4.78 is 5.57. The van der Waals surface area contributed by atoms with Crippen LogP contribution in [-0.2, 0) is 5.60 Å². The van der Waals surface area contributed by atoms with Gasteiger partial charge in [0.15, 0.2) is 0 Å². The van der Waals surface area contributed by atoms with Crippen molar-refractivity contribution >= 4 is 0 Å². The molecule has 1 aromatic heterocycles. The van der Waals surface area contributed by atoms with E-state index in [1.165, 1.54) is 0 Å². The van der Waals surface area contributed by atoms with E-state index < -0.39 is 5.60 Å². The minimum absolute atomic E-state index is 0.686. The Morgan fingerprint density at radius 2 is 1.78 bits per heavy atom. The molecule has 0 aliphatic carbocycles. The lowest BCUT2D eigenvalue weighted by Gasteiger charge is -2.28. The Morgan fingerprint density at radius 1 is 1.11 bits per heavy atom. The molecule has 3 heteroatoms. The third-order valence-corrected chi connectivity index (χ3v) is 3.05. The molecule has 0 aromatic carbocycles. The fourth-order valence-corrected chi connectivity index (χ4v) is 2.21. The van der Waals surface area contributed by atoms with Crippen molar-refractivity contribution in [2.45, 2.75) is 58.5 Å². The first kappa shape index (κ1) is 15.0. The molecule has 3 nitrogen and oxygen atoms in total. The summed E-state index contributed by atoms with van der Waals surface area (Å²) >= 11 is 0. The highest BCUT2D eigenvalue weighted by atomic mass is 16.5. The molecule has 0 saturated heterocycles. The van der Waals surface area contributed by atoms with Gasteiger partial charge in [0.1, 0.15) is 5.75 Å². The lowest BCUT2D eigenvalue weighted by atomic mass is 9.86. The Bertz CT molecular complexity index is 346. The van der Waals surface area contributed by atoms with E-state index in [4.69, 9.17) is 4.74 Å². The summed E-state index contributed by atoms with van der Waals surface area (Å²) in [7, 11) is 0. The van der Waals surface area contributed by atoms with E-state index >= 15 is 0 Å². The normalized spacial score (nSPS) is 11.6. The molecular formula is C15H25NO2. The van der Waals surface area contributed by atoms with Crippen LogP contribution in [0.25, 0.3) is 0 Å². The number of ether oxygens (including phenoxy) is 1. The Hall–Kier alpha value is -1.09. The molecule has 1 aromatic rings. The molecule has 1 N–H and O–H groups in total. The highest BCUT2D eigenvalue weighted by Gasteiger charge is 2.27. The largest absolute Gasteiger partial charge is 0.492 e. The maximum Gasteiger partial charge on any atom is 0.137 e. The molecule has 0 atom stereocenters. The topological polar surface area (TPSA) is 42.4 Å². The maximum absolute atomic E-state index is 10.7. The van der Waals surface area contributed by atoms with Crippen molar-refractivity contribution < 1.29 is 9.84 Å². The lowest BCUT2D eigenvalue weighted by molar-refractivity contribution is 0.0164. The van der Waals surface area contributed by atoms with E-state index in [-0.39, 0.29) is 0 Å². The molecule has 102 valence electrons. The van der Waals surface area contributed by atoms with Crippen molar-refractivity contribution in [3.05, 3.63) is 24.0 Å². The molecular weight excluding hydrogens is 226 g/mol. The molecule has 0 bridgehead atoms. The summed E-state index contributed by atoms with van der Waals surface area (Å²) in [4.78, 5) is 4.18.